The summed E-state index contributed by atoms with van der Waals surface area (Å²) in [5.41, 5.74) is 2.19. The van der Waals surface area contributed by atoms with Gasteiger partial charge in [-0.1, -0.05) is 48.4 Å². The summed E-state index contributed by atoms with van der Waals surface area (Å²) in [4.78, 5) is 26.5. The molecule has 30 heavy (non-hydrogen) atoms. The van der Waals surface area contributed by atoms with E-state index >= 15 is 0 Å². The number of nitrogens with zero attached hydrogens (tertiary/aromatic N) is 4. The van der Waals surface area contributed by atoms with Gasteiger partial charge in [0.1, 0.15) is 0 Å². The highest BCUT2D eigenvalue weighted by molar-refractivity contribution is 7.99. The Kier molecular flexibility index (Phi) is 8.30. The SMILES string of the molecule is CCn1c(SCC(=O)NCCC(=O)N2CCCCCC2)nnc1-c1cccc(C)c1. The predicted molar refractivity (Wildman–Crippen MR) is 119 cm³/mol. The van der Waals surface area contributed by atoms with Crippen LogP contribution in [-0.4, -0.2) is 56.9 Å². The summed E-state index contributed by atoms with van der Waals surface area (Å²) < 4.78 is 2.02. The van der Waals surface area contributed by atoms with E-state index in [2.05, 4.69) is 21.6 Å². The van der Waals surface area contributed by atoms with Crippen molar-refractivity contribution in [3.63, 3.8) is 0 Å². The molecule has 1 aliphatic heterocycles. The Bertz CT molecular complexity index is 859. The predicted octanol–water partition coefficient (Wildman–Crippen LogP) is 3.27. The van der Waals surface area contributed by atoms with Crippen molar-refractivity contribution in [2.24, 2.45) is 0 Å². The summed E-state index contributed by atoms with van der Waals surface area (Å²) in [7, 11) is 0. The van der Waals surface area contributed by atoms with Crippen molar-refractivity contribution in [2.45, 2.75) is 57.7 Å². The fourth-order valence-corrected chi connectivity index (χ4v) is 4.48. The molecular formula is C22H31N5O2S. The molecule has 0 aliphatic carbocycles. The van der Waals surface area contributed by atoms with Crippen LogP contribution in [0.25, 0.3) is 11.4 Å². The largest absolute Gasteiger partial charge is 0.355 e. The number of benzene rings is 1. The number of carbonyl (C=O) groups is 2. The van der Waals surface area contributed by atoms with Crippen LogP contribution < -0.4 is 5.32 Å². The molecule has 162 valence electrons. The summed E-state index contributed by atoms with van der Waals surface area (Å²) in [6.07, 6.45) is 4.92. The quantitative estimate of drug-likeness (QED) is 0.652. The first kappa shape index (κ1) is 22.3. The van der Waals surface area contributed by atoms with Gasteiger partial charge in [0.2, 0.25) is 11.8 Å². The first-order valence-corrected chi connectivity index (χ1v) is 11.7. The molecule has 2 amide bonds. The van der Waals surface area contributed by atoms with E-state index in [0.717, 1.165) is 49.0 Å². The van der Waals surface area contributed by atoms with E-state index in [0.29, 0.717) is 13.0 Å². The van der Waals surface area contributed by atoms with Gasteiger partial charge in [-0.25, -0.2) is 0 Å². The van der Waals surface area contributed by atoms with E-state index < -0.39 is 0 Å². The zero-order valence-corrected chi connectivity index (χ0v) is 18.7. The van der Waals surface area contributed by atoms with Crippen LogP contribution in [0.15, 0.2) is 29.4 Å². The Hall–Kier alpha value is -2.35. The molecule has 8 heteroatoms. The maximum absolute atomic E-state index is 12.3. The molecule has 0 unspecified atom stereocenters. The van der Waals surface area contributed by atoms with Crippen molar-refractivity contribution >= 4 is 23.6 Å². The first-order chi connectivity index (χ1) is 14.6. The van der Waals surface area contributed by atoms with E-state index in [1.165, 1.54) is 30.2 Å². The molecule has 0 bridgehead atoms. The molecule has 0 saturated carbocycles. The van der Waals surface area contributed by atoms with Crippen LogP contribution in [0.3, 0.4) is 0 Å². The normalized spacial score (nSPS) is 14.4. The van der Waals surface area contributed by atoms with Crippen molar-refractivity contribution in [1.82, 2.24) is 25.0 Å². The van der Waals surface area contributed by atoms with Crippen LogP contribution >= 0.6 is 11.8 Å². The Morgan fingerprint density at radius 2 is 1.90 bits per heavy atom. The third kappa shape index (κ3) is 6.08. The third-order valence-electron chi connectivity index (χ3n) is 5.26. The minimum absolute atomic E-state index is 0.0913. The number of likely N-dealkylation sites (tertiary alicyclic amines) is 1. The summed E-state index contributed by atoms with van der Waals surface area (Å²) in [5.74, 6) is 1.11. The van der Waals surface area contributed by atoms with Crippen LogP contribution in [0, 0.1) is 6.92 Å². The summed E-state index contributed by atoms with van der Waals surface area (Å²) in [5, 5.41) is 12.2. The highest BCUT2D eigenvalue weighted by atomic mass is 32.2. The Labute approximate surface area is 182 Å². The molecule has 1 saturated heterocycles. The highest BCUT2D eigenvalue weighted by Gasteiger charge is 2.17. The fraction of sp³-hybridized carbons (Fsp3) is 0.545. The molecular weight excluding hydrogens is 398 g/mol. The molecule has 1 fully saturated rings. The summed E-state index contributed by atoms with van der Waals surface area (Å²) >= 11 is 1.37. The molecule has 0 spiro atoms. The number of aryl methyl sites for hydroxylation is 1. The summed E-state index contributed by atoms with van der Waals surface area (Å²) in [6, 6.07) is 8.16. The van der Waals surface area contributed by atoms with Gasteiger partial charge in [-0.2, -0.15) is 0 Å². The molecule has 1 N–H and O–H groups in total. The van der Waals surface area contributed by atoms with Gasteiger partial charge in [0.05, 0.1) is 5.75 Å². The lowest BCUT2D eigenvalue weighted by atomic mass is 10.1. The molecule has 7 nitrogen and oxygen atoms in total. The second kappa shape index (κ2) is 11.2. The van der Waals surface area contributed by atoms with Gasteiger partial charge >= 0.3 is 0 Å². The van der Waals surface area contributed by atoms with Gasteiger partial charge in [0.15, 0.2) is 11.0 Å². The van der Waals surface area contributed by atoms with Crippen LogP contribution in [0.4, 0.5) is 0 Å². The van der Waals surface area contributed by atoms with Gasteiger partial charge in [-0.05, 0) is 32.8 Å². The van der Waals surface area contributed by atoms with E-state index in [-0.39, 0.29) is 17.6 Å². The van der Waals surface area contributed by atoms with Crippen molar-refractivity contribution < 1.29 is 9.59 Å². The van der Waals surface area contributed by atoms with Crippen LogP contribution in [-0.2, 0) is 16.1 Å². The molecule has 1 aromatic carbocycles. The van der Waals surface area contributed by atoms with E-state index in [4.69, 9.17) is 0 Å². The van der Waals surface area contributed by atoms with Crippen molar-refractivity contribution in [3.8, 4) is 11.4 Å². The van der Waals surface area contributed by atoms with Gasteiger partial charge in [0, 0.05) is 38.2 Å². The zero-order valence-electron chi connectivity index (χ0n) is 17.9. The van der Waals surface area contributed by atoms with Gasteiger partial charge in [-0.15, -0.1) is 10.2 Å². The summed E-state index contributed by atoms with van der Waals surface area (Å²) in [6.45, 7) is 6.89. The second-order valence-corrected chi connectivity index (χ2v) is 8.55. The van der Waals surface area contributed by atoms with Crippen molar-refractivity contribution in [2.75, 3.05) is 25.4 Å². The monoisotopic (exact) mass is 429 g/mol. The van der Waals surface area contributed by atoms with E-state index in [1.807, 2.05) is 41.5 Å². The molecule has 2 heterocycles. The standard InChI is InChI=1S/C22H31N5O2S/c1-3-27-21(18-10-8-9-17(2)15-18)24-25-22(27)30-16-19(28)23-12-11-20(29)26-13-6-4-5-7-14-26/h8-10,15H,3-7,11-14,16H2,1-2H3,(H,23,28). The highest BCUT2D eigenvalue weighted by Crippen LogP contribution is 2.24. The minimum Gasteiger partial charge on any atom is -0.355 e. The Balaban J connectivity index is 1.47. The molecule has 3 rings (SSSR count). The van der Waals surface area contributed by atoms with Crippen LogP contribution in [0.5, 0.6) is 0 Å². The lowest BCUT2D eigenvalue weighted by Crippen LogP contribution is -2.35. The number of hydrogen-bond acceptors (Lipinski definition) is 5. The lowest BCUT2D eigenvalue weighted by molar-refractivity contribution is -0.131. The molecule has 1 aromatic heterocycles. The Morgan fingerprint density at radius 3 is 2.60 bits per heavy atom. The molecule has 0 atom stereocenters. The molecule has 2 aromatic rings. The number of rotatable bonds is 8. The zero-order chi connectivity index (χ0) is 21.3. The van der Waals surface area contributed by atoms with Gasteiger partial charge < -0.3 is 14.8 Å². The average molecular weight is 430 g/mol. The molecule has 0 radical (unpaired) electrons. The second-order valence-electron chi connectivity index (χ2n) is 7.60. The maximum Gasteiger partial charge on any atom is 0.230 e. The van der Waals surface area contributed by atoms with Gasteiger partial charge in [-0.3, -0.25) is 9.59 Å². The van der Waals surface area contributed by atoms with Crippen molar-refractivity contribution in [1.29, 1.82) is 0 Å². The average Bonchev–Trinajstić information content (AvgIpc) is 2.95. The fourth-order valence-electron chi connectivity index (χ4n) is 3.65. The topological polar surface area (TPSA) is 80.1 Å². The Morgan fingerprint density at radius 1 is 1.13 bits per heavy atom. The first-order valence-electron chi connectivity index (χ1n) is 10.8. The number of nitrogens with one attached hydrogen (secondary N) is 1. The third-order valence-corrected chi connectivity index (χ3v) is 6.23. The van der Waals surface area contributed by atoms with Crippen LogP contribution in [0.1, 0.15) is 44.6 Å². The van der Waals surface area contributed by atoms with Crippen molar-refractivity contribution in [3.05, 3.63) is 29.8 Å². The maximum atomic E-state index is 12.3. The van der Waals surface area contributed by atoms with Crippen LogP contribution in [0.2, 0.25) is 0 Å². The number of amides is 2. The van der Waals surface area contributed by atoms with E-state index in [1.54, 1.807) is 0 Å². The number of carbonyl (C=O) groups excluding carboxylic acids is 2. The lowest BCUT2D eigenvalue weighted by Gasteiger charge is -2.20. The number of hydrogen-bond donors (Lipinski definition) is 1. The minimum atomic E-state index is -0.0913. The number of thioether (sulfide) groups is 1. The van der Waals surface area contributed by atoms with Gasteiger partial charge in [0.25, 0.3) is 0 Å². The number of aromatic nitrogens is 3. The molecule has 1 aliphatic rings. The van der Waals surface area contributed by atoms with E-state index in [9.17, 15) is 9.59 Å². The smallest absolute Gasteiger partial charge is 0.230 e.